The van der Waals surface area contributed by atoms with E-state index in [0.717, 1.165) is 15.6 Å². The topological polar surface area (TPSA) is 50.9 Å². The minimum Gasteiger partial charge on any atom is -0.383 e. The minimum atomic E-state index is -1.02. The third-order valence-electron chi connectivity index (χ3n) is 3.73. The van der Waals surface area contributed by atoms with E-state index in [9.17, 15) is 5.11 Å². The van der Waals surface area contributed by atoms with Crippen LogP contribution in [0.3, 0.4) is 0 Å². The largest absolute Gasteiger partial charge is 0.383 e. The molecule has 0 spiro atoms. The molecule has 1 heterocycles. The Morgan fingerprint density at radius 3 is 2.50 bits per heavy atom. The molecular formula is C15H20BrN3O. The molecule has 0 aliphatic rings. The lowest BCUT2D eigenvalue weighted by molar-refractivity contribution is -0.0809. The SMILES string of the molecule is Cc1cc(Br)ccc1C(O)(Cn1cncn1)C(C)(C)C. The molecule has 20 heavy (non-hydrogen) atoms. The molecule has 0 aliphatic carbocycles. The lowest BCUT2D eigenvalue weighted by atomic mass is 9.71. The van der Waals surface area contributed by atoms with Crippen LogP contribution in [0, 0.1) is 12.3 Å². The van der Waals surface area contributed by atoms with E-state index in [1.165, 1.54) is 6.33 Å². The predicted octanol–water partition coefficient (Wildman–Crippen LogP) is 3.28. The van der Waals surface area contributed by atoms with Gasteiger partial charge in [-0.15, -0.1) is 0 Å². The number of benzene rings is 1. The summed E-state index contributed by atoms with van der Waals surface area (Å²) in [6.45, 7) is 8.49. The monoisotopic (exact) mass is 337 g/mol. The van der Waals surface area contributed by atoms with Gasteiger partial charge in [-0.1, -0.05) is 42.8 Å². The highest BCUT2D eigenvalue weighted by atomic mass is 79.9. The van der Waals surface area contributed by atoms with Crippen molar-refractivity contribution < 1.29 is 5.11 Å². The van der Waals surface area contributed by atoms with Gasteiger partial charge < -0.3 is 5.11 Å². The Labute approximate surface area is 128 Å². The molecule has 1 aromatic carbocycles. The van der Waals surface area contributed by atoms with Crippen molar-refractivity contribution in [2.75, 3.05) is 0 Å². The number of aryl methyl sites for hydroxylation is 1. The van der Waals surface area contributed by atoms with Crippen LogP contribution in [0.25, 0.3) is 0 Å². The Hall–Kier alpha value is -1.20. The molecule has 1 atom stereocenters. The van der Waals surface area contributed by atoms with Crippen LogP contribution in [0.1, 0.15) is 31.9 Å². The van der Waals surface area contributed by atoms with Crippen molar-refractivity contribution in [1.29, 1.82) is 0 Å². The summed E-state index contributed by atoms with van der Waals surface area (Å²) < 4.78 is 2.68. The summed E-state index contributed by atoms with van der Waals surface area (Å²) in [6, 6.07) is 5.95. The van der Waals surface area contributed by atoms with Crippen molar-refractivity contribution in [3.8, 4) is 0 Å². The number of hydrogen-bond donors (Lipinski definition) is 1. The van der Waals surface area contributed by atoms with E-state index in [0.29, 0.717) is 6.54 Å². The molecular weight excluding hydrogens is 318 g/mol. The fourth-order valence-electron chi connectivity index (χ4n) is 2.37. The number of halogens is 1. The van der Waals surface area contributed by atoms with Crippen molar-refractivity contribution in [3.63, 3.8) is 0 Å². The highest BCUT2D eigenvalue weighted by Gasteiger charge is 2.43. The van der Waals surface area contributed by atoms with Gasteiger partial charge in [-0.05, 0) is 35.6 Å². The Balaban J connectivity index is 2.52. The zero-order valence-electron chi connectivity index (χ0n) is 12.3. The Kier molecular flexibility index (Phi) is 4.02. The Bertz CT molecular complexity index is 590. The number of aromatic nitrogens is 3. The van der Waals surface area contributed by atoms with Crippen molar-refractivity contribution in [2.45, 2.75) is 39.8 Å². The highest BCUT2D eigenvalue weighted by Crippen LogP contribution is 2.42. The molecule has 0 fully saturated rings. The van der Waals surface area contributed by atoms with E-state index < -0.39 is 5.60 Å². The maximum Gasteiger partial charge on any atom is 0.137 e. The van der Waals surface area contributed by atoms with Crippen LogP contribution in [0.5, 0.6) is 0 Å². The second-order valence-corrected chi connectivity index (χ2v) is 7.08. The van der Waals surface area contributed by atoms with Crippen molar-refractivity contribution >= 4 is 15.9 Å². The normalized spacial score (nSPS) is 15.1. The molecule has 4 nitrogen and oxygen atoms in total. The van der Waals surface area contributed by atoms with Gasteiger partial charge in [0.2, 0.25) is 0 Å². The summed E-state index contributed by atoms with van der Waals surface area (Å²) in [4.78, 5) is 3.95. The number of hydrogen-bond acceptors (Lipinski definition) is 3. The van der Waals surface area contributed by atoms with Crippen molar-refractivity contribution in [2.24, 2.45) is 5.41 Å². The average molecular weight is 338 g/mol. The third kappa shape index (κ3) is 2.79. The second kappa shape index (κ2) is 5.30. The zero-order valence-corrected chi connectivity index (χ0v) is 13.8. The first-order chi connectivity index (χ1) is 9.24. The van der Waals surface area contributed by atoms with Gasteiger partial charge in [0.25, 0.3) is 0 Å². The molecule has 1 aromatic heterocycles. The summed E-state index contributed by atoms with van der Waals surface area (Å²) in [5.41, 5.74) is 0.615. The highest BCUT2D eigenvalue weighted by molar-refractivity contribution is 9.10. The van der Waals surface area contributed by atoms with Crippen LogP contribution >= 0.6 is 15.9 Å². The van der Waals surface area contributed by atoms with E-state index in [4.69, 9.17) is 0 Å². The molecule has 0 radical (unpaired) electrons. The smallest absolute Gasteiger partial charge is 0.137 e. The maximum atomic E-state index is 11.4. The van der Waals surface area contributed by atoms with E-state index in [1.54, 1.807) is 11.0 Å². The van der Waals surface area contributed by atoms with E-state index in [-0.39, 0.29) is 5.41 Å². The Morgan fingerprint density at radius 2 is 2.00 bits per heavy atom. The average Bonchev–Trinajstić information content (AvgIpc) is 2.79. The van der Waals surface area contributed by atoms with E-state index in [2.05, 4.69) is 26.0 Å². The molecule has 1 unspecified atom stereocenters. The summed E-state index contributed by atoms with van der Waals surface area (Å²) in [5.74, 6) is 0. The van der Waals surface area contributed by atoms with Crippen molar-refractivity contribution in [3.05, 3.63) is 46.5 Å². The van der Waals surface area contributed by atoms with Gasteiger partial charge in [0.05, 0.1) is 6.54 Å². The first-order valence-corrected chi connectivity index (χ1v) is 7.35. The fourth-order valence-corrected chi connectivity index (χ4v) is 2.84. The van der Waals surface area contributed by atoms with Gasteiger partial charge in [0.1, 0.15) is 18.3 Å². The van der Waals surface area contributed by atoms with Crippen molar-refractivity contribution in [1.82, 2.24) is 14.8 Å². The van der Waals surface area contributed by atoms with Crippen LogP contribution in [0.4, 0.5) is 0 Å². The fraction of sp³-hybridized carbons (Fsp3) is 0.467. The number of rotatable bonds is 3. The first-order valence-electron chi connectivity index (χ1n) is 6.55. The minimum absolute atomic E-state index is 0.336. The van der Waals surface area contributed by atoms with E-state index in [1.807, 2.05) is 45.9 Å². The van der Waals surface area contributed by atoms with Crippen LogP contribution in [-0.4, -0.2) is 19.9 Å². The Morgan fingerprint density at radius 1 is 1.30 bits per heavy atom. The predicted molar refractivity (Wildman–Crippen MR) is 82.3 cm³/mol. The lowest BCUT2D eigenvalue weighted by Gasteiger charge is -2.41. The quantitative estimate of drug-likeness (QED) is 0.934. The summed E-state index contributed by atoms with van der Waals surface area (Å²) in [7, 11) is 0. The molecule has 2 rings (SSSR count). The molecule has 0 saturated heterocycles. The van der Waals surface area contributed by atoms with Gasteiger partial charge in [-0.3, -0.25) is 0 Å². The van der Waals surface area contributed by atoms with Gasteiger partial charge >= 0.3 is 0 Å². The number of nitrogens with zero attached hydrogens (tertiary/aromatic N) is 3. The van der Waals surface area contributed by atoms with Gasteiger partial charge in [-0.2, -0.15) is 5.10 Å². The summed E-state index contributed by atoms with van der Waals surface area (Å²) in [5, 5.41) is 15.5. The van der Waals surface area contributed by atoms with Crippen LogP contribution < -0.4 is 0 Å². The summed E-state index contributed by atoms with van der Waals surface area (Å²) >= 11 is 3.46. The standard InChI is InChI=1S/C15H20BrN3O/c1-11-7-12(16)5-6-13(11)15(20,14(2,3)4)8-19-10-17-9-18-19/h5-7,9-10,20H,8H2,1-4H3. The molecule has 0 bridgehead atoms. The van der Waals surface area contributed by atoms with Gasteiger partial charge in [-0.25, -0.2) is 9.67 Å². The van der Waals surface area contributed by atoms with Crippen LogP contribution in [0.2, 0.25) is 0 Å². The first kappa shape index (κ1) is 15.2. The third-order valence-corrected chi connectivity index (χ3v) is 4.23. The lowest BCUT2D eigenvalue weighted by Crippen LogP contribution is -2.44. The van der Waals surface area contributed by atoms with Gasteiger partial charge in [0, 0.05) is 4.47 Å². The van der Waals surface area contributed by atoms with E-state index >= 15 is 0 Å². The van der Waals surface area contributed by atoms with Gasteiger partial charge in [0.15, 0.2) is 0 Å². The molecule has 2 aromatic rings. The molecule has 108 valence electrons. The molecule has 0 saturated carbocycles. The zero-order chi connectivity index (χ0) is 15.0. The second-order valence-electron chi connectivity index (χ2n) is 6.16. The van der Waals surface area contributed by atoms with Crippen LogP contribution in [-0.2, 0) is 12.1 Å². The molecule has 0 amide bonds. The number of aliphatic hydroxyl groups is 1. The maximum absolute atomic E-state index is 11.4. The molecule has 5 heteroatoms. The molecule has 1 N–H and O–H groups in total. The summed E-state index contributed by atoms with van der Waals surface area (Å²) in [6.07, 6.45) is 3.11. The van der Waals surface area contributed by atoms with Crippen LogP contribution in [0.15, 0.2) is 35.3 Å². The molecule has 0 aliphatic heterocycles.